The molecular weight excluding hydrogens is 178 g/mol. The van der Waals surface area contributed by atoms with Gasteiger partial charge in [-0.15, -0.1) is 12.4 Å². The van der Waals surface area contributed by atoms with E-state index in [1.807, 2.05) is 0 Å². The zero-order chi connectivity index (χ0) is 7.84. The number of halogens is 1. The topological polar surface area (TPSA) is 49.3 Å². The number of carboxylic acids is 1. The third kappa shape index (κ3) is 1.72. The number of carbonyl (C=O) groups is 1. The van der Waals surface area contributed by atoms with E-state index in [1.54, 1.807) is 0 Å². The predicted molar refractivity (Wildman–Crippen MR) is 47.5 cm³/mol. The quantitative estimate of drug-likeness (QED) is 0.677. The van der Waals surface area contributed by atoms with Crippen LogP contribution in [-0.2, 0) is 4.79 Å². The third-order valence-electron chi connectivity index (χ3n) is 2.81. The zero-order valence-electron chi connectivity index (χ0n) is 6.82. The number of aliphatic carboxylic acids is 1. The molecule has 1 heterocycles. The lowest BCUT2D eigenvalue weighted by molar-refractivity contribution is -0.142. The van der Waals surface area contributed by atoms with Crippen molar-refractivity contribution in [2.24, 2.45) is 17.8 Å². The highest BCUT2D eigenvalue weighted by Crippen LogP contribution is 2.41. The van der Waals surface area contributed by atoms with E-state index < -0.39 is 5.97 Å². The highest BCUT2D eigenvalue weighted by Gasteiger charge is 2.42. The standard InChI is InChI=1S/C8H13NO2.ClH/c10-8(11)7-4-9-3-6(7)5-1-2-5;/h5-7,9H,1-4H2,(H,10,11);1H. The molecular formula is C8H14ClNO2. The van der Waals surface area contributed by atoms with Crippen molar-refractivity contribution in [1.82, 2.24) is 5.32 Å². The fourth-order valence-corrected chi connectivity index (χ4v) is 1.99. The van der Waals surface area contributed by atoms with Gasteiger partial charge in [-0.3, -0.25) is 4.79 Å². The lowest BCUT2D eigenvalue weighted by Gasteiger charge is -2.12. The molecule has 1 aliphatic carbocycles. The van der Waals surface area contributed by atoms with Gasteiger partial charge in [0.05, 0.1) is 5.92 Å². The number of nitrogens with one attached hydrogen (secondary N) is 1. The van der Waals surface area contributed by atoms with Gasteiger partial charge < -0.3 is 10.4 Å². The van der Waals surface area contributed by atoms with Crippen LogP contribution in [0.2, 0.25) is 0 Å². The minimum Gasteiger partial charge on any atom is -0.481 e. The van der Waals surface area contributed by atoms with E-state index in [0.29, 0.717) is 18.4 Å². The maximum absolute atomic E-state index is 10.7. The summed E-state index contributed by atoms with van der Waals surface area (Å²) in [6.07, 6.45) is 2.49. The summed E-state index contributed by atoms with van der Waals surface area (Å²) in [6, 6.07) is 0. The van der Waals surface area contributed by atoms with Crippen molar-refractivity contribution in [2.75, 3.05) is 13.1 Å². The smallest absolute Gasteiger partial charge is 0.308 e. The molecule has 0 aromatic heterocycles. The molecule has 0 aromatic carbocycles. The van der Waals surface area contributed by atoms with E-state index in [9.17, 15) is 4.79 Å². The van der Waals surface area contributed by atoms with Gasteiger partial charge in [-0.05, 0) is 31.2 Å². The molecule has 0 aromatic rings. The summed E-state index contributed by atoms with van der Waals surface area (Å²) < 4.78 is 0. The molecule has 0 bridgehead atoms. The van der Waals surface area contributed by atoms with Crippen LogP contribution in [-0.4, -0.2) is 24.2 Å². The summed E-state index contributed by atoms with van der Waals surface area (Å²) in [4.78, 5) is 10.7. The van der Waals surface area contributed by atoms with Crippen molar-refractivity contribution < 1.29 is 9.90 Å². The van der Waals surface area contributed by atoms with Crippen molar-refractivity contribution >= 4 is 18.4 Å². The first-order valence-electron chi connectivity index (χ1n) is 4.22. The van der Waals surface area contributed by atoms with Gasteiger partial charge in [-0.2, -0.15) is 0 Å². The molecule has 2 N–H and O–H groups in total. The average Bonchev–Trinajstić information content (AvgIpc) is 2.68. The Bertz CT molecular complexity index is 182. The van der Waals surface area contributed by atoms with Crippen LogP contribution in [0.5, 0.6) is 0 Å². The monoisotopic (exact) mass is 191 g/mol. The maximum atomic E-state index is 10.7. The first-order valence-corrected chi connectivity index (χ1v) is 4.22. The largest absolute Gasteiger partial charge is 0.481 e. The summed E-state index contributed by atoms with van der Waals surface area (Å²) in [5, 5.41) is 12.0. The minimum atomic E-state index is -0.619. The first kappa shape index (κ1) is 9.81. The zero-order valence-corrected chi connectivity index (χ0v) is 7.64. The summed E-state index contributed by atoms with van der Waals surface area (Å²) in [6.45, 7) is 1.60. The van der Waals surface area contributed by atoms with Crippen LogP contribution < -0.4 is 5.32 Å². The van der Waals surface area contributed by atoms with Crippen LogP contribution in [0.1, 0.15) is 12.8 Å². The van der Waals surface area contributed by atoms with E-state index >= 15 is 0 Å². The normalized spacial score (nSPS) is 34.3. The average molecular weight is 192 g/mol. The van der Waals surface area contributed by atoms with Crippen LogP contribution in [0.3, 0.4) is 0 Å². The molecule has 1 aliphatic heterocycles. The van der Waals surface area contributed by atoms with Crippen molar-refractivity contribution in [3.63, 3.8) is 0 Å². The second kappa shape index (κ2) is 3.62. The Morgan fingerprint density at radius 1 is 1.33 bits per heavy atom. The Morgan fingerprint density at radius 3 is 2.50 bits per heavy atom. The Kier molecular flexibility index (Phi) is 2.96. The van der Waals surface area contributed by atoms with Gasteiger partial charge in [0.2, 0.25) is 0 Å². The van der Waals surface area contributed by atoms with Crippen molar-refractivity contribution in [3.05, 3.63) is 0 Å². The molecule has 0 spiro atoms. The molecule has 70 valence electrons. The van der Waals surface area contributed by atoms with Crippen LogP contribution in [0.4, 0.5) is 0 Å². The summed E-state index contributed by atoms with van der Waals surface area (Å²) >= 11 is 0. The molecule has 2 fully saturated rings. The third-order valence-corrected chi connectivity index (χ3v) is 2.81. The molecule has 0 radical (unpaired) electrons. The lowest BCUT2D eigenvalue weighted by Crippen LogP contribution is -2.23. The van der Waals surface area contributed by atoms with Gasteiger partial charge in [0.25, 0.3) is 0 Å². The second-order valence-corrected chi connectivity index (χ2v) is 3.60. The van der Waals surface area contributed by atoms with Crippen LogP contribution >= 0.6 is 12.4 Å². The van der Waals surface area contributed by atoms with Crippen molar-refractivity contribution in [2.45, 2.75) is 12.8 Å². The second-order valence-electron chi connectivity index (χ2n) is 3.60. The molecule has 1 saturated carbocycles. The molecule has 2 aliphatic rings. The Hall–Kier alpha value is -0.280. The number of rotatable bonds is 2. The Balaban J connectivity index is 0.000000720. The van der Waals surface area contributed by atoms with Gasteiger partial charge in [0, 0.05) is 6.54 Å². The fraction of sp³-hybridized carbons (Fsp3) is 0.875. The molecule has 0 amide bonds. The van der Waals surface area contributed by atoms with E-state index in [4.69, 9.17) is 5.11 Å². The highest BCUT2D eigenvalue weighted by atomic mass is 35.5. The van der Waals surface area contributed by atoms with Crippen LogP contribution in [0.15, 0.2) is 0 Å². The number of hydrogen-bond donors (Lipinski definition) is 2. The molecule has 12 heavy (non-hydrogen) atoms. The van der Waals surface area contributed by atoms with E-state index in [1.165, 1.54) is 12.8 Å². The molecule has 2 unspecified atom stereocenters. The number of hydrogen-bond acceptors (Lipinski definition) is 2. The Morgan fingerprint density at radius 2 is 2.00 bits per heavy atom. The predicted octanol–water partition coefficient (Wildman–Crippen LogP) is 0.738. The van der Waals surface area contributed by atoms with Gasteiger partial charge in [0.15, 0.2) is 0 Å². The summed E-state index contributed by atoms with van der Waals surface area (Å²) in [7, 11) is 0. The van der Waals surface area contributed by atoms with E-state index in [2.05, 4.69) is 5.32 Å². The van der Waals surface area contributed by atoms with Crippen molar-refractivity contribution in [3.8, 4) is 0 Å². The minimum absolute atomic E-state index is 0. The molecule has 3 nitrogen and oxygen atoms in total. The van der Waals surface area contributed by atoms with E-state index in [0.717, 1.165) is 6.54 Å². The van der Waals surface area contributed by atoms with Crippen LogP contribution in [0.25, 0.3) is 0 Å². The van der Waals surface area contributed by atoms with Crippen molar-refractivity contribution in [1.29, 1.82) is 0 Å². The SMILES string of the molecule is Cl.O=C(O)C1CNCC1C1CC1. The first-order chi connectivity index (χ1) is 5.29. The van der Waals surface area contributed by atoms with Gasteiger partial charge in [-0.25, -0.2) is 0 Å². The highest BCUT2D eigenvalue weighted by molar-refractivity contribution is 5.85. The maximum Gasteiger partial charge on any atom is 0.308 e. The van der Waals surface area contributed by atoms with E-state index in [-0.39, 0.29) is 18.3 Å². The van der Waals surface area contributed by atoms with Gasteiger partial charge in [0.1, 0.15) is 0 Å². The summed E-state index contributed by atoms with van der Waals surface area (Å²) in [5.41, 5.74) is 0. The Labute approximate surface area is 77.9 Å². The fourth-order valence-electron chi connectivity index (χ4n) is 1.99. The summed E-state index contributed by atoms with van der Waals surface area (Å²) in [5.74, 6) is 0.410. The molecule has 2 rings (SSSR count). The molecule has 1 saturated heterocycles. The van der Waals surface area contributed by atoms with Gasteiger partial charge >= 0.3 is 5.97 Å². The van der Waals surface area contributed by atoms with Gasteiger partial charge in [-0.1, -0.05) is 0 Å². The number of carboxylic acid groups (broad SMARTS) is 1. The lowest BCUT2D eigenvalue weighted by atomic mass is 9.92. The van der Waals surface area contributed by atoms with Crippen LogP contribution in [0, 0.1) is 17.8 Å². The molecule has 4 heteroatoms. The molecule has 2 atom stereocenters.